The molecule has 2 atom stereocenters. The molecule has 1 aromatic carbocycles. The highest BCUT2D eigenvalue weighted by atomic mass is 35.5. The van der Waals surface area contributed by atoms with Crippen molar-refractivity contribution < 1.29 is 24.5 Å². The molecule has 7 heteroatoms. The second-order valence-electron chi connectivity index (χ2n) is 5.96. The molecule has 0 heterocycles. The number of rotatable bonds is 4. The summed E-state index contributed by atoms with van der Waals surface area (Å²) in [5.41, 5.74) is 0. The normalized spacial score (nSPS) is 18.5. The monoisotopic (exact) mass is 381 g/mol. The Morgan fingerprint density at radius 2 is 1.77 bits per heavy atom. The molecule has 2 unspecified atom stereocenters. The Hall–Kier alpha value is -2.23. The highest BCUT2D eigenvalue weighted by Crippen LogP contribution is 2.23. The van der Waals surface area contributed by atoms with Crippen molar-refractivity contribution in [3.8, 4) is 17.6 Å². The van der Waals surface area contributed by atoms with E-state index in [1.54, 1.807) is 0 Å². The van der Waals surface area contributed by atoms with Crippen LogP contribution in [0.4, 0.5) is 0 Å². The molecule has 1 aliphatic rings. The maximum Gasteiger partial charge on any atom is 0.414 e. The largest absolute Gasteiger partial charge is 0.481 e. The zero-order valence-corrected chi connectivity index (χ0v) is 15.5. The maximum atomic E-state index is 9.10. The SMILES string of the molecule is CC1CCCCC1NCC#CCOc1ccc(Cl)cc1.O=C(O)C(=O)O. The minimum atomic E-state index is -1.82. The standard InChI is InChI=1S/C17H22ClNO.C2H2O4/c1-14-6-2-3-7-17(14)19-12-4-5-13-20-16-10-8-15(18)9-11-16;3-1(4)2(5)6/h8-11,14,17,19H,2-3,6-7,12-13H2,1H3;(H,3,4)(H,5,6). The molecule has 0 radical (unpaired) electrons. The molecule has 6 nitrogen and oxygen atoms in total. The van der Waals surface area contributed by atoms with Crippen LogP contribution in [0.2, 0.25) is 5.02 Å². The Balaban J connectivity index is 0.000000487. The molecule has 0 saturated heterocycles. The molecule has 26 heavy (non-hydrogen) atoms. The number of aliphatic carboxylic acids is 2. The van der Waals surface area contributed by atoms with E-state index < -0.39 is 11.9 Å². The van der Waals surface area contributed by atoms with E-state index in [1.807, 2.05) is 24.3 Å². The summed E-state index contributed by atoms with van der Waals surface area (Å²) in [5.74, 6) is 4.09. The lowest BCUT2D eigenvalue weighted by Crippen LogP contribution is -2.37. The molecule has 1 aliphatic carbocycles. The fourth-order valence-corrected chi connectivity index (χ4v) is 2.69. The van der Waals surface area contributed by atoms with Gasteiger partial charge in [-0.15, -0.1) is 0 Å². The Bertz CT molecular complexity index is 624. The van der Waals surface area contributed by atoms with Crippen LogP contribution in [0.5, 0.6) is 5.75 Å². The summed E-state index contributed by atoms with van der Waals surface area (Å²) in [4.78, 5) is 18.2. The van der Waals surface area contributed by atoms with E-state index in [-0.39, 0.29) is 0 Å². The van der Waals surface area contributed by atoms with Crippen molar-refractivity contribution in [2.45, 2.75) is 38.6 Å². The molecule has 0 bridgehead atoms. The van der Waals surface area contributed by atoms with Crippen molar-refractivity contribution in [2.24, 2.45) is 5.92 Å². The molecule has 0 spiro atoms. The van der Waals surface area contributed by atoms with E-state index in [9.17, 15) is 0 Å². The quantitative estimate of drug-likeness (QED) is 0.548. The number of halogens is 1. The molecule has 1 aromatic rings. The number of carboxylic acid groups (broad SMARTS) is 2. The molecule has 1 saturated carbocycles. The summed E-state index contributed by atoms with van der Waals surface area (Å²) in [5, 5.41) is 19.0. The summed E-state index contributed by atoms with van der Waals surface area (Å²) < 4.78 is 5.51. The van der Waals surface area contributed by atoms with Gasteiger partial charge in [0.1, 0.15) is 12.4 Å². The van der Waals surface area contributed by atoms with Gasteiger partial charge in [-0.2, -0.15) is 0 Å². The van der Waals surface area contributed by atoms with Crippen molar-refractivity contribution in [2.75, 3.05) is 13.2 Å². The van der Waals surface area contributed by atoms with Crippen molar-refractivity contribution >= 4 is 23.5 Å². The van der Waals surface area contributed by atoms with Gasteiger partial charge in [0.25, 0.3) is 0 Å². The van der Waals surface area contributed by atoms with Crippen molar-refractivity contribution in [3.63, 3.8) is 0 Å². The number of carboxylic acids is 2. The predicted octanol–water partition coefficient (Wildman–Crippen LogP) is 3.05. The van der Waals surface area contributed by atoms with Crippen LogP contribution in [-0.2, 0) is 9.59 Å². The zero-order valence-electron chi connectivity index (χ0n) is 14.7. The van der Waals surface area contributed by atoms with Gasteiger partial charge in [-0.3, -0.25) is 0 Å². The third-order valence-corrected chi connectivity index (χ3v) is 4.25. The van der Waals surface area contributed by atoms with Crippen LogP contribution in [-0.4, -0.2) is 41.3 Å². The van der Waals surface area contributed by atoms with E-state index in [1.165, 1.54) is 25.7 Å². The van der Waals surface area contributed by atoms with E-state index >= 15 is 0 Å². The summed E-state index contributed by atoms with van der Waals surface area (Å²) >= 11 is 5.81. The van der Waals surface area contributed by atoms with Crippen molar-refractivity contribution in [1.29, 1.82) is 0 Å². The van der Waals surface area contributed by atoms with Gasteiger partial charge in [0.05, 0.1) is 6.54 Å². The van der Waals surface area contributed by atoms with Gasteiger partial charge in [-0.05, 0) is 43.0 Å². The van der Waals surface area contributed by atoms with Gasteiger partial charge in [0.2, 0.25) is 0 Å². The summed E-state index contributed by atoms with van der Waals surface area (Å²) in [6.07, 6.45) is 5.34. The minimum absolute atomic E-state index is 0.420. The number of benzene rings is 1. The van der Waals surface area contributed by atoms with Crippen LogP contribution in [0.25, 0.3) is 0 Å². The molecular formula is C19H24ClNO5. The summed E-state index contributed by atoms with van der Waals surface area (Å²) in [6, 6.07) is 7.97. The van der Waals surface area contributed by atoms with Gasteiger partial charge in [0.15, 0.2) is 0 Å². The van der Waals surface area contributed by atoms with E-state index in [4.69, 9.17) is 36.1 Å². The number of hydrogen-bond acceptors (Lipinski definition) is 4. The third-order valence-electron chi connectivity index (χ3n) is 4.00. The molecule has 0 aliphatic heterocycles. The molecule has 1 fully saturated rings. The lowest BCUT2D eigenvalue weighted by atomic mass is 9.86. The van der Waals surface area contributed by atoms with Gasteiger partial charge < -0.3 is 20.3 Å². The van der Waals surface area contributed by atoms with Crippen LogP contribution < -0.4 is 10.1 Å². The lowest BCUT2D eigenvalue weighted by molar-refractivity contribution is -0.159. The summed E-state index contributed by atoms with van der Waals surface area (Å²) in [6.45, 7) is 3.50. The molecule has 0 amide bonds. The van der Waals surface area contributed by atoms with Crippen LogP contribution in [0.15, 0.2) is 24.3 Å². The topological polar surface area (TPSA) is 95.9 Å². The highest BCUT2D eigenvalue weighted by molar-refractivity contribution is 6.30. The van der Waals surface area contributed by atoms with Crippen LogP contribution >= 0.6 is 11.6 Å². The molecule has 142 valence electrons. The van der Waals surface area contributed by atoms with Crippen LogP contribution in [0.3, 0.4) is 0 Å². The first-order valence-corrected chi connectivity index (χ1v) is 8.81. The zero-order chi connectivity index (χ0) is 19.4. The minimum Gasteiger partial charge on any atom is -0.481 e. The number of ether oxygens (including phenoxy) is 1. The Labute approximate surface area is 158 Å². The van der Waals surface area contributed by atoms with Crippen molar-refractivity contribution in [3.05, 3.63) is 29.3 Å². The first-order valence-electron chi connectivity index (χ1n) is 8.44. The first kappa shape index (κ1) is 21.8. The number of carbonyl (C=O) groups is 2. The van der Waals surface area contributed by atoms with Crippen molar-refractivity contribution in [1.82, 2.24) is 5.32 Å². The number of nitrogens with one attached hydrogen (secondary N) is 1. The first-order chi connectivity index (χ1) is 12.4. The molecule has 2 rings (SSSR count). The Kier molecular flexibility index (Phi) is 10.2. The van der Waals surface area contributed by atoms with Gasteiger partial charge >= 0.3 is 11.9 Å². The Morgan fingerprint density at radius 3 is 2.35 bits per heavy atom. The molecule has 0 aromatic heterocycles. The van der Waals surface area contributed by atoms with Crippen LogP contribution in [0.1, 0.15) is 32.6 Å². The highest BCUT2D eigenvalue weighted by Gasteiger charge is 2.19. The Morgan fingerprint density at radius 1 is 1.15 bits per heavy atom. The lowest BCUT2D eigenvalue weighted by Gasteiger charge is -2.28. The number of hydrogen-bond donors (Lipinski definition) is 3. The fraction of sp³-hybridized carbons (Fsp3) is 0.474. The van der Waals surface area contributed by atoms with Gasteiger partial charge in [-0.1, -0.05) is 43.2 Å². The second kappa shape index (κ2) is 12.2. The average molecular weight is 382 g/mol. The summed E-state index contributed by atoms with van der Waals surface area (Å²) in [7, 11) is 0. The van der Waals surface area contributed by atoms with E-state index in [0.29, 0.717) is 17.7 Å². The average Bonchev–Trinajstić information content (AvgIpc) is 2.61. The van der Waals surface area contributed by atoms with Gasteiger partial charge in [0, 0.05) is 11.1 Å². The smallest absolute Gasteiger partial charge is 0.414 e. The predicted molar refractivity (Wildman–Crippen MR) is 99.4 cm³/mol. The fourth-order valence-electron chi connectivity index (χ4n) is 2.57. The maximum absolute atomic E-state index is 9.10. The van der Waals surface area contributed by atoms with E-state index in [0.717, 1.165) is 18.2 Å². The second-order valence-corrected chi connectivity index (χ2v) is 6.39. The van der Waals surface area contributed by atoms with Gasteiger partial charge in [-0.25, -0.2) is 9.59 Å². The van der Waals surface area contributed by atoms with Crippen LogP contribution in [0, 0.1) is 17.8 Å². The van der Waals surface area contributed by atoms with E-state index in [2.05, 4.69) is 24.1 Å². The third kappa shape index (κ3) is 9.30. The molecule has 3 N–H and O–H groups in total. The molecular weight excluding hydrogens is 358 g/mol.